The van der Waals surface area contributed by atoms with Gasteiger partial charge in [0.1, 0.15) is 24.4 Å². The van der Waals surface area contributed by atoms with Crippen molar-refractivity contribution in [2.24, 2.45) is 11.8 Å². The first kappa shape index (κ1) is 37.4. The molecule has 1 saturated carbocycles. The summed E-state index contributed by atoms with van der Waals surface area (Å²) < 4.78 is 27.6. The molecule has 1 amide bonds. The quantitative estimate of drug-likeness (QED) is 0.0649. The van der Waals surface area contributed by atoms with Crippen molar-refractivity contribution < 1.29 is 53.3 Å². The van der Waals surface area contributed by atoms with E-state index in [2.05, 4.69) is 5.32 Å². The summed E-state index contributed by atoms with van der Waals surface area (Å²) in [5, 5.41) is 35.0. The lowest BCUT2D eigenvalue weighted by atomic mass is 9.86. The van der Waals surface area contributed by atoms with E-state index >= 15 is 0 Å². The van der Waals surface area contributed by atoms with Gasteiger partial charge in [-0.2, -0.15) is 0 Å². The van der Waals surface area contributed by atoms with E-state index in [1.807, 2.05) is 19.1 Å². The van der Waals surface area contributed by atoms with Gasteiger partial charge in [0.05, 0.1) is 12.2 Å². The number of ether oxygens (including phenoxy) is 2. The Balaban J connectivity index is 1.76. The summed E-state index contributed by atoms with van der Waals surface area (Å²) in [5.41, 5.74) is -1.38. The molecule has 1 aliphatic heterocycles. The number of carbonyl (C=O) groups is 2. The largest absolute Gasteiger partial charge is 0.469 e. The first-order valence-corrected chi connectivity index (χ1v) is 17.1. The van der Waals surface area contributed by atoms with Gasteiger partial charge >= 0.3 is 19.9 Å². The van der Waals surface area contributed by atoms with Crippen LogP contribution in [0.25, 0.3) is 0 Å². The van der Waals surface area contributed by atoms with Crippen molar-refractivity contribution in [1.82, 2.24) is 5.32 Å². The molecule has 3 rings (SSSR count). The second-order valence-corrected chi connectivity index (χ2v) is 12.9. The van der Waals surface area contributed by atoms with Gasteiger partial charge in [0.2, 0.25) is 0 Å². The molecule has 0 bridgehead atoms. The van der Waals surface area contributed by atoms with Gasteiger partial charge in [0.25, 0.3) is 0 Å². The summed E-state index contributed by atoms with van der Waals surface area (Å²) >= 11 is 0. The first-order valence-electron chi connectivity index (χ1n) is 15.6. The minimum absolute atomic E-state index is 0.00800. The Kier molecular flexibility index (Phi) is 14.9. The van der Waals surface area contributed by atoms with Crippen molar-refractivity contribution >= 4 is 19.9 Å². The minimum Gasteiger partial charge on any atom is -0.454 e. The van der Waals surface area contributed by atoms with Crippen molar-refractivity contribution in [3.63, 3.8) is 0 Å². The fraction of sp³-hybridized carbons (Fsp3) is 0.515. The monoisotopic (exact) mass is 663 g/mol. The maximum absolute atomic E-state index is 12.4. The number of amides is 1. The molecule has 0 unspecified atom stereocenters. The number of allylic oxidation sites excluding steroid dienone is 3. The molecule has 13 heteroatoms. The molecule has 12 nitrogen and oxygen atoms in total. The van der Waals surface area contributed by atoms with Gasteiger partial charge in [0.15, 0.2) is 0 Å². The number of phosphoric ester groups is 1. The zero-order chi connectivity index (χ0) is 33.6. The van der Waals surface area contributed by atoms with Crippen molar-refractivity contribution in [1.29, 1.82) is 0 Å². The highest BCUT2D eigenvalue weighted by atomic mass is 31.2. The van der Waals surface area contributed by atoms with Crippen LogP contribution in [-0.4, -0.2) is 73.7 Å². The van der Waals surface area contributed by atoms with Crippen LogP contribution in [0.2, 0.25) is 0 Å². The van der Waals surface area contributed by atoms with Gasteiger partial charge in [-0.3, -0.25) is 4.52 Å². The van der Waals surface area contributed by atoms with Gasteiger partial charge < -0.3 is 39.9 Å². The minimum atomic E-state index is -5.19. The normalized spacial score (nSPS) is 25.0. The van der Waals surface area contributed by atoms with Crippen LogP contribution >= 0.6 is 7.82 Å². The zero-order valence-corrected chi connectivity index (χ0v) is 26.9. The van der Waals surface area contributed by atoms with E-state index in [1.165, 1.54) is 24.3 Å². The first-order chi connectivity index (χ1) is 21.9. The Labute approximate surface area is 269 Å². The van der Waals surface area contributed by atoms with E-state index in [4.69, 9.17) is 14.0 Å². The van der Waals surface area contributed by atoms with Crippen LogP contribution in [-0.2, 0) is 30.0 Å². The highest BCUT2D eigenvalue weighted by Crippen LogP contribution is 2.42. The van der Waals surface area contributed by atoms with E-state index in [0.717, 1.165) is 24.8 Å². The molecule has 0 radical (unpaired) electrons. The van der Waals surface area contributed by atoms with Gasteiger partial charge in [-0.25, -0.2) is 14.2 Å². The number of hydrogen-bond acceptors (Lipinski definition) is 9. The Morgan fingerprint density at radius 1 is 1.20 bits per heavy atom. The SMILES string of the molecule is CC[C@H]1C=CC(=O)O[C@H]1/C=C/[C@](O)(CCNC(=O)OCc1ccccc1)[C@@H](C[C@@H](O)/C=C\C=C/[C@@H]1CCC[C@H](O)C1)OP(=O)(O)O. The number of esters is 1. The summed E-state index contributed by atoms with van der Waals surface area (Å²) in [6.07, 6.45) is 10.6. The Hall–Kier alpha value is -3.09. The summed E-state index contributed by atoms with van der Waals surface area (Å²) in [5.74, 6) is -0.588. The molecule has 1 aromatic carbocycles. The third-order valence-electron chi connectivity index (χ3n) is 8.00. The van der Waals surface area contributed by atoms with Crippen molar-refractivity contribution in [2.45, 2.75) is 88.5 Å². The van der Waals surface area contributed by atoms with E-state index < -0.39 is 50.2 Å². The standard InChI is InChI=1S/C33H46NO11P/c1-2-26-15-16-31(37)44-29(26)17-18-33(39,19-20-34-32(38)43-23-25-10-4-3-5-11-25)30(45-46(40,41)42)22-28(36)13-7-6-9-24-12-8-14-27(35)21-24/h3-7,9-11,13,15-18,24,26-30,35-36,39H,2,8,12,14,19-23H2,1H3,(H,34,38)(H2,40,41,42)/b9-6-,13-7-,18-17+/t24-,26+,27+,28+,29+,30-,33+/m1/s1. The number of cyclic esters (lactones) is 1. The lowest BCUT2D eigenvalue weighted by molar-refractivity contribution is -0.143. The van der Waals surface area contributed by atoms with Crippen molar-refractivity contribution in [3.8, 4) is 0 Å². The zero-order valence-electron chi connectivity index (χ0n) is 26.0. The summed E-state index contributed by atoms with van der Waals surface area (Å²) in [7, 11) is -5.19. The highest BCUT2D eigenvalue weighted by Gasteiger charge is 2.41. The maximum atomic E-state index is 12.4. The van der Waals surface area contributed by atoms with Crippen molar-refractivity contribution in [3.05, 3.63) is 84.5 Å². The average Bonchev–Trinajstić information content (AvgIpc) is 3.01. The van der Waals surface area contributed by atoms with E-state index in [-0.39, 0.29) is 37.5 Å². The van der Waals surface area contributed by atoms with E-state index in [1.54, 1.807) is 42.5 Å². The smallest absolute Gasteiger partial charge is 0.454 e. The third-order valence-corrected chi connectivity index (χ3v) is 8.53. The predicted octanol–water partition coefficient (Wildman–Crippen LogP) is 3.99. The topological polar surface area (TPSA) is 192 Å². The van der Waals surface area contributed by atoms with Crippen LogP contribution in [0.4, 0.5) is 4.79 Å². The van der Waals surface area contributed by atoms with Gasteiger partial charge in [-0.05, 0) is 49.7 Å². The molecule has 2 aliphatic rings. The lowest BCUT2D eigenvalue weighted by Crippen LogP contribution is -2.46. The van der Waals surface area contributed by atoms with Gasteiger partial charge in [0, 0.05) is 25.0 Å². The molecule has 6 N–H and O–H groups in total. The Morgan fingerprint density at radius 3 is 2.65 bits per heavy atom. The molecular formula is C33H46NO11P. The number of aliphatic hydroxyl groups excluding tert-OH is 2. The number of alkyl carbamates (subject to hydrolysis) is 1. The molecule has 1 heterocycles. The number of benzene rings is 1. The van der Waals surface area contributed by atoms with Crippen LogP contribution < -0.4 is 5.32 Å². The van der Waals surface area contributed by atoms with E-state index in [9.17, 15) is 39.3 Å². The molecule has 0 aromatic heterocycles. The average molecular weight is 664 g/mol. The fourth-order valence-electron chi connectivity index (χ4n) is 5.47. The number of phosphoric acid groups is 1. The van der Waals surface area contributed by atoms with Crippen LogP contribution in [0.5, 0.6) is 0 Å². The molecule has 254 valence electrons. The lowest BCUT2D eigenvalue weighted by Gasteiger charge is -2.35. The number of hydrogen-bond donors (Lipinski definition) is 6. The second kappa shape index (κ2) is 18.3. The molecule has 1 aromatic rings. The molecule has 1 fully saturated rings. The predicted molar refractivity (Wildman–Crippen MR) is 170 cm³/mol. The molecule has 0 spiro atoms. The van der Waals surface area contributed by atoms with E-state index in [0.29, 0.717) is 12.8 Å². The molecular weight excluding hydrogens is 617 g/mol. The van der Waals surface area contributed by atoms with Gasteiger partial charge in [-0.1, -0.05) is 80.1 Å². The Morgan fingerprint density at radius 2 is 1.96 bits per heavy atom. The summed E-state index contributed by atoms with van der Waals surface area (Å²) in [6.45, 7) is 1.70. The number of carbonyl (C=O) groups excluding carboxylic acids is 2. The van der Waals surface area contributed by atoms with Gasteiger partial charge in [-0.15, -0.1) is 0 Å². The third kappa shape index (κ3) is 13.3. The molecule has 0 saturated heterocycles. The second-order valence-electron chi connectivity index (χ2n) is 11.7. The molecule has 1 aliphatic carbocycles. The highest BCUT2D eigenvalue weighted by molar-refractivity contribution is 7.46. The van der Waals surface area contributed by atoms with Crippen LogP contribution in [0.1, 0.15) is 57.4 Å². The van der Waals surface area contributed by atoms with Crippen molar-refractivity contribution in [2.75, 3.05) is 6.54 Å². The number of aliphatic hydroxyl groups is 3. The van der Waals surface area contributed by atoms with Crippen LogP contribution in [0, 0.1) is 11.8 Å². The maximum Gasteiger partial charge on any atom is 0.469 e. The number of nitrogens with one attached hydrogen (secondary N) is 1. The summed E-state index contributed by atoms with van der Waals surface area (Å²) in [4.78, 5) is 43.7. The Bertz CT molecular complexity index is 1280. The molecule has 46 heavy (non-hydrogen) atoms. The summed E-state index contributed by atoms with van der Waals surface area (Å²) in [6, 6.07) is 9.00. The fourth-order valence-corrected chi connectivity index (χ4v) is 6.07. The van der Waals surface area contributed by atoms with Crippen LogP contribution in [0.15, 0.2) is 78.9 Å². The number of rotatable bonds is 16. The van der Waals surface area contributed by atoms with Crippen LogP contribution in [0.3, 0.4) is 0 Å². The molecule has 7 atom stereocenters.